The van der Waals surface area contributed by atoms with Gasteiger partial charge in [-0.2, -0.15) is 5.10 Å². The van der Waals surface area contributed by atoms with Gasteiger partial charge in [-0.25, -0.2) is 9.67 Å². The number of thiazole rings is 1. The van der Waals surface area contributed by atoms with Gasteiger partial charge in [-0.05, 0) is 44.6 Å². The minimum absolute atomic E-state index is 0.125. The van der Waals surface area contributed by atoms with E-state index in [4.69, 9.17) is 0 Å². The summed E-state index contributed by atoms with van der Waals surface area (Å²) < 4.78 is 1.52. The second kappa shape index (κ2) is 8.50. The molecule has 0 amide bonds. The summed E-state index contributed by atoms with van der Waals surface area (Å²) in [6.07, 6.45) is 5.48. The first-order chi connectivity index (χ1) is 13.2. The summed E-state index contributed by atoms with van der Waals surface area (Å²) in [5.74, 6) is 0.842. The van der Waals surface area contributed by atoms with Crippen molar-refractivity contribution < 1.29 is 5.11 Å². The van der Waals surface area contributed by atoms with E-state index in [0.29, 0.717) is 6.04 Å². The number of nitrogens with zero attached hydrogens (tertiary/aromatic N) is 4. The lowest BCUT2D eigenvalue weighted by atomic mass is 10.0. The summed E-state index contributed by atoms with van der Waals surface area (Å²) in [6.45, 7) is 2.58. The van der Waals surface area contributed by atoms with Crippen LogP contribution in [0, 0.1) is 0 Å². The summed E-state index contributed by atoms with van der Waals surface area (Å²) in [5, 5.41) is 20.4. The van der Waals surface area contributed by atoms with E-state index in [1.54, 1.807) is 17.4 Å². The van der Waals surface area contributed by atoms with Gasteiger partial charge >= 0.3 is 0 Å². The molecule has 0 spiro atoms. The fraction of sp³-hybridized carbons (Fsp3) is 0.632. The van der Waals surface area contributed by atoms with Crippen LogP contribution in [0.4, 0.5) is 5.82 Å². The van der Waals surface area contributed by atoms with Crippen LogP contribution in [0.1, 0.15) is 50.3 Å². The Labute approximate surface area is 163 Å². The fourth-order valence-corrected chi connectivity index (χ4v) is 4.78. The molecule has 2 aromatic rings. The molecule has 2 fully saturated rings. The molecule has 2 aromatic heterocycles. The first kappa shape index (κ1) is 18.6. The maximum Gasteiger partial charge on any atom is 0.267 e. The molecule has 2 aliphatic rings. The van der Waals surface area contributed by atoms with Crippen LogP contribution >= 0.6 is 11.3 Å². The first-order valence-corrected chi connectivity index (χ1v) is 10.8. The van der Waals surface area contributed by atoms with E-state index in [0.717, 1.165) is 63.3 Å². The third-order valence-corrected chi connectivity index (χ3v) is 6.30. The molecular weight excluding hydrogens is 362 g/mol. The predicted molar refractivity (Wildman–Crippen MR) is 106 cm³/mol. The zero-order chi connectivity index (χ0) is 18.6. The molecule has 1 aliphatic carbocycles. The van der Waals surface area contributed by atoms with E-state index < -0.39 is 6.10 Å². The van der Waals surface area contributed by atoms with Crippen molar-refractivity contribution in [3.8, 4) is 0 Å². The summed E-state index contributed by atoms with van der Waals surface area (Å²) in [6, 6.07) is 3.59. The second-order valence-corrected chi connectivity index (χ2v) is 8.21. The molecule has 146 valence electrons. The molecule has 3 heterocycles. The van der Waals surface area contributed by atoms with E-state index >= 15 is 0 Å². The van der Waals surface area contributed by atoms with Crippen LogP contribution in [0.15, 0.2) is 27.8 Å². The molecule has 1 saturated heterocycles. The summed E-state index contributed by atoms with van der Waals surface area (Å²) in [5.41, 5.74) is 2.80. The number of anilines is 1. The number of nitrogens with one attached hydrogen (secondary N) is 1. The largest absolute Gasteiger partial charge is 0.391 e. The van der Waals surface area contributed by atoms with Gasteiger partial charge in [0, 0.05) is 37.1 Å². The smallest absolute Gasteiger partial charge is 0.267 e. The lowest BCUT2D eigenvalue weighted by molar-refractivity contribution is 0.127. The van der Waals surface area contributed by atoms with Crippen molar-refractivity contribution in [2.24, 2.45) is 0 Å². The molecular formula is C19H27N5O2S. The minimum Gasteiger partial charge on any atom is -0.391 e. The van der Waals surface area contributed by atoms with Crippen LogP contribution in [0.3, 0.4) is 0 Å². The van der Waals surface area contributed by atoms with E-state index in [9.17, 15) is 9.90 Å². The Balaban J connectivity index is 1.48. The molecule has 0 bridgehead atoms. The van der Waals surface area contributed by atoms with Crippen molar-refractivity contribution in [1.29, 1.82) is 0 Å². The van der Waals surface area contributed by atoms with Gasteiger partial charge in [0.15, 0.2) is 0 Å². The highest BCUT2D eigenvalue weighted by atomic mass is 32.1. The molecule has 1 saturated carbocycles. The Bertz CT molecular complexity index is 794. The van der Waals surface area contributed by atoms with Crippen LogP contribution in [-0.4, -0.2) is 45.1 Å². The van der Waals surface area contributed by atoms with Crippen LogP contribution < -0.4 is 15.8 Å². The van der Waals surface area contributed by atoms with Crippen LogP contribution in [0.5, 0.6) is 0 Å². The molecule has 3 unspecified atom stereocenters. The van der Waals surface area contributed by atoms with Crippen LogP contribution in [-0.2, 0) is 6.54 Å². The average Bonchev–Trinajstić information content (AvgIpc) is 3.35. The monoisotopic (exact) mass is 389 g/mol. The lowest BCUT2D eigenvalue weighted by Gasteiger charge is -2.37. The zero-order valence-electron chi connectivity index (χ0n) is 15.5. The molecule has 3 atom stereocenters. The highest BCUT2D eigenvalue weighted by molar-refractivity contribution is 7.07. The zero-order valence-corrected chi connectivity index (χ0v) is 16.3. The summed E-state index contributed by atoms with van der Waals surface area (Å²) in [4.78, 5) is 19.0. The van der Waals surface area contributed by atoms with Gasteiger partial charge in [0.2, 0.25) is 0 Å². The third-order valence-electron chi connectivity index (χ3n) is 5.66. The van der Waals surface area contributed by atoms with Gasteiger partial charge < -0.3 is 15.3 Å². The standard InChI is InChI=1S/C19H27N5O2S/c25-17-6-3-5-16(17)24-19(26)8-7-18(22-24)23-9-2-1-4-15(23)11-20-10-14-12-27-13-21-14/h7-8,12-13,15-17,20,25H,1-6,9-11H2. The van der Waals surface area contributed by atoms with Gasteiger partial charge in [-0.3, -0.25) is 4.79 Å². The Hall–Kier alpha value is -1.77. The van der Waals surface area contributed by atoms with Gasteiger partial charge in [0.1, 0.15) is 5.82 Å². The van der Waals surface area contributed by atoms with Gasteiger partial charge in [-0.1, -0.05) is 0 Å². The SMILES string of the molecule is O=c1ccc(N2CCCCC2CNCc2cscn2)nn1C1CCCC1O. The van der Waals surface area contributed by atoms with Crippen molar-refractivity contribution in [3.05, 3.63) is 39.1 Å². The molecule has 8 heteroatoms. The molecule has 2 N–H and O–H groups in total. The second-order valence-electron chi connectivity index (χ2n) is 7.49. The van der Waals surface area contributed by atoms with Crippen LogP contribution in [0.2, 0.25) is 0 Å². The molecule has 0 aromatic carbocycles. The topological polar surface area (TPSA) is 83.3 Å². The first-order valence-electron chi connectivity index (χ1n) is 9.85. The molecule has 4 rings (SSSR count). The Morgan fingerprint density at radius 2 is 2.15 bits per heavy atom. The van der Waals surface area contributed by atoms with Crippen LogP contribution in [0.25, 0.3) is 0 Å². The average molecular weight is 390 g/mol. The van der Waals surface area contributed by atoms with Crippen molar-refractivity contribution >= 4 is 17.2 Å². The number of aliphatic hydroxyl groups excluding tert-OH is 1. The Morgan fingerprint density at radius 1 is 1.22 bits per heavy atom. The van der Waals surface area contributed by atoms with E-state index in [-0.39, 0.29) is 11.6 Å². The lowest BCUT2D eigenvalue weighted by Crippen LogP contribution is -2.46. The van der Waals surface area contributed by atoms with Gasteiger partial charge in [0.05, 0.1) is 23.4 Å². The van der Waals surface area contributed by atoms with Crippen molar-refractivity contribution in [3.63, 3.8) is 0 Å². The molecule has 7 nitrogen and oxygen atoms in total. The normalized spacial score (nSPS) is 25.8. The Morgan fingerprint density at radius 3 is 2.93 bits per heavy atom. The molecule has 27 heavy (non-hydrogen) atoms. The number of aliphatic hydroxyl groups is 1. The number of hydrogen-bond acceptors (Lipinski definition) is 7. The predicted octanol–water partition coefficient (Wildman–Crippen LogP) is 1.93. The number of piperidine rings is 1. The quantitative estimate of drug-likeness (QED) is 0.786. The van der Waals surface area contributed by atoms with Crippen molar-refractivity contribution in [2.75, 3.05) is 18.0 Å². The number of rotatable bonds is 6. The number of hydrogen-bond donors (Lipinski definition) is 2. The highest BCUT2D eigenvalue weighted by Gasteiger charge is 2.30. The highest BCUT2D eigenvalue weighted by Crippen LogP contribution is 2.29. The number of aromatic nitrogens is 3. The van der Waals surface area contributed by atoms with Crippen molar-refractivity contribution in [1.82, 2.24) is 20.1 Å². The summed E-state index contributed by atoms with van der Waals surface area (Å²) in [7, 11) is 0. The molecule has 1 aliphatic heterocycles. The van der Waals surface area contributed by atoms with Gasteiger partial charge in [0.25, 0.3) is 5.56 Å². The van der Waals surface area contributed by atoms with E-state index in [1.165, 1.54) is 11.1 Å². The van der Waals surface area contributed by atoms with Gasteiger partial charge in [-0.15, -0.1) is 11.3 Å². The minimum atomic E-state index is -0.470. The third kappa shape index (κ3) is 4.23. The van der Waals surface area contributed by atoms with E-state index in [2.05, 4.69) is 25.7 Å². The maximum absolute atomic E-state index is 12.3. The Kier molecular flexibility index (Phi) is 5.85. The molecule has 0 radical (unpaired) electrons. The summed E-state index contributed by atoms with van der Waals surface area (Å²) >= 11 is 1.61. The van der Waals surface area contributed by atoms with Crippen molar-refractivity contribution in [2.45, 2.75) is 63.3 Å². The fourth-order valence-electron chi connectivity index (χ4n) is 4.22. The van der Waals surface area contributed by atoms with E-state index in [1.807, 2.05) is 11.6 Å². The maximum atomic E-state index is 12.3.